The fourth-order valence-electron chi connectivity index (χ4n) is 1.67. The first-order chi connectivity index (χ1) is 4.97. The van der Waals surface area contributed by atoms with Crippen LogP contribution in [-0.4, -0.2) is 29.7 Å². The van der Waals surface area contributed by atoms with Crippen LogP contribution in [0.3, 0.4) is 0 Å². The predicted molar refractivity (Wildman–Crippen MR) is 41.3 cm³/mol. The fraction of sp³-hybridized carbons (Fsp3) is 0.750. The number of rotatable bonds is 0. The Bertz CT molecular complexity index is 142. The van der Waals surface area contributed by atoms with Gasteiger partial charge in [-0.15, -0.1) is 0 Å². The van der Waals surface area contributed by atoms with E-state index in [1.807, 2.05) is 0 Å². The van der Waals surface area contributed by atoms with Crippen molar-refractivity contribution in [1.29, 1.82) is 0 Å². The molecule has 0 aromatic rings. The largest absolute Gasteiger partial charge is 0.313 e. The SMILES string of the molecule is C1=CN2CCCCCN2C1. The molecule has 0 aromatic carbocycles. The van der Waals surface area contributed by atoms with Gasteiger partial charge in [0.15, 0.2) is 0 Å². The van der Waals surface area contributed by atoms with Gasteiger partial charge in [-0.2, -0.15) is 0 Å². The minimum absolute atomic E-state index is 1.14. The van der Waals surface area contributed by atoms with Crippen molar-refractivity contribution in [3.05, 3.63) is 12.3 Å². The normalized spacial score (nSPS) is 26.6. The van der Waals surface area contributed by atoms with Gasteiger partial charge >= 0.3 is 0 Å². The van der Waals surface area contributed by atoms with Crippen LogP contribution in [0, 0.1) is 0 Å². The Morgan fingerprint density at radius 3 is 2.90 bits per heavy atom. The molecule has 56 valence electrons. The Morgan fingerprint density at radius 2 is 1.90 bits per heavy atom. The zero-order valence-electron chi connectivity index (χ0n) is 6.29. The second kappa shape index (κ2) is 2.62. The lowest BCUT2D eigenvalue weighted by Gasteiger charge is -2.25. The standard InChI is InChI=1S/C8H14N2/c1-2-5-9-7-4-8-10(9)6-3-1/h4,7H,1-3,5-6,8H2. The molecule has 0 aromatic heterocycles. The lowest BCUT2D eigenvalue weighted by Crippen LogP contribution is -2.34. The zero-order chi connectivity index (χ0) is 6.81. The first-order valence-electron chi connectivity index (χ1n) is 4.15. The summed E-state index contributed by atoms with van der Waals surface area (Å²) in [7, 11) is 0. The van der Waals surface area contributed by atoms with Gasteiger partial charge in [0.1, 0.15) is 0 Å². The van der Waals surface area contributed by atoms with E-state index in [9.17, 15) is 0 Å². The van der Waals surface area contributed by atoms with Crippen molar-refractivity contribution in [2.75, 3.05) is 19.6 Å². The van der Waals surface area contributed by atoms with Crippen LogP contribution in [0.25, 0.3) is 0 Å². The lowest BCUT2D eigenvalue weighted by molar-refractivity contribution is 0.0641. The van der Waals surface area contributed by atoms with Gasteiger partial charge in [0.2, 0.25) is 0 Å². The van der Waals surface area contributed by atoms with Gasteiger partial charge in [0.05, 0.1) is 0 Å². The van der Waals surface area contributed by atoms with Crippen LogP contribution in [0.15, 0.2) is 12.3 Å². The van der Waals surface area contributed by atoms with Gasteiger partial charge in [-0.05, 0) is 12.8 Å². The molecule has 2 nitrogen and oxygen atoms in total. The molecule has 0 spiro atoms. The lowest BCUT2D eigenvalue weighted by atomic mass is 10.2. The van der Waals surface area contributed by atoms with Crippen molar-refractivity contribution >= 4 is 0 Å². The monoisotopic (exact) mass is 138 g/mol. The summed E-state index contributed by atoms with van der Waals surface area (Å²) in [5.74, 6) is 0. The molecule has 0 bridgehead atoms. The number of nitrogens with zero attached hydrogens (tertiary/aromatic N) is 2. The highest BCUT2D eigenvalue weighted by atomic mass is 15.6. The second-order valence-corrected chi connectivity index (χ2v) is 3.02. The summed E-state index contributed by atoms with van der Waals surface area (Å²) in [6, 6.07) is 0. The molecule has 2 aliphatic heterocycles. The van der Waals surface area contributed by atoms with E-state index in [1.165, 1.54) is 32.4 Å². The summed E-state index contributed by atoms with van der Waals surface area (Å²) < 4.78 is 0. The second-order valence-electron chi connectivity index (χ2n) is 3.02. The third-order valence-electron chi connectivity index (χ3n) is 2.26. The topological polar surface area (TPSA) is 6.48 Å². The first-order valence-corrected chi connectivity index (χ1v) is 4.15. The Kier molecular flexibility index (Phi) is 1.63. The van der Waals surface area contributed by atoms with Gasteiger partial charge < -0.3 is 5.01 Å². The van der Waals surface area contributed by atoms with Gasteiger partial charge in [0, 0.05) is 25.8 Å². The van der Waals surface area contributed by atoms with E-state index in [2.05, 4.69) is 22.3 Å². The minimum atomic E-state index is 1.14. The molecule has 10 heavy (non-hydrogen) atoms. The molecule has 0 atom stereocenters. The highest BCUT2D eigenvalue weighted by Crippen LogP contribution is 2.14. The molecule has 2 aliphatic rings. The molecule has 0 amide bonds. The minimum Gasteiger partial charge on any atom is -0.313 e. The van der Waals surface area contributed by atoms with Crippen molar-refractivity contribution < 1.29 is 0 Å². The van der Waals surface area contributed by atoms with E-state index < -0.39 is 0 Å². The van der Waals surface area contributed by atoms with E-state index in [4.69, 9.17) is 0 Å². The van der Waals surface area contributed by atoms with Crippen LogP contribution in [0.4, 0.5) is 0 Å². The third kappa shape index (κ3) is 1.03. The van der Waals surface area contributed by atoms with Gasteiger partial charge in [0.25, 0.3) is 0 Å². The molecule has 2 rings (SSSR count). The Labute approximate surface area is 62.1 Å². The van der Waals surface area contributed by atoms with Crippen LogP contribution < -0.4 is 0 Å². The summed E-state index contributed by atoms with van der Waals surface area (Å²) in [6.07, 6.45) is 8.59. The van der Waals surface area contributed by atoms with Gasteiger partial charge in [-0.3, -0.25) is 0 Å². The van der Waals surface area contributed by atoms with Gasteiger partial charge in [-0.25, -0.2) is 5.01 Å². The average Bonchev–Trinajstić information content (AvgIpc) is 2.28. The fourth-order valence-corrected chi connectivity index (χ4v) is 1.67. The van der Waals surface area contributed by atoms with Crippen molar-refractivity contribution in [2.45, 2.75) is 19.3 Å². The predicted octanol–water partition coefficient (Wildman–Crippen LogP) is 1.22. The van der Waals surface area contributed by atoms with Crippen molar-refractivity contribution in [3.8, 4) is 0 Å². The molecule has 1 saturated heterocycles. The Morgan fingerprint density at radius 1 is 1.00 bits per heavy atom. The average molecular weight is 138 g/mol. The molecule has 2 heteroatoms. The Hall–Kier alpha value is -0.500. The molecular weight excluding hydrogens is 124 g/mol. The summed E-state index contributed by atoms with van der Waals surface area (Å²) in [6.45, 7) is 3.63. The summed E-state index contributed by atoms with van der Waals surface area (Å²) in [5.41, 5.74) is 0. The zero-order valence-corrected chi connectivity index (χ0v) is 6.29. The number of hydrazine groups is 1. The molecule has 0 aliphatic carbocycles. The quantitative estimate of drug-likeness (QED) is 0.496. The molecule has 0 N–H and O–H groups in total. The molecular formula is C8H14N2. The van der Waals surface area contributed by atoms with Crippen LogP contribution in [0.1, 0.15) is 19.3 Å². The maximum Gasteiger partial charge on any atom is 0.0379 e. The van der Waals surface area contributed by atoms with Crippen LogP contribution in [0.5, 0.6) is 0 Å². The highest BCUT2D eigenvalue weighted by molar-refractivity contribution is 4.92. The van der Waals surface area contributed by atoms with Crippen LogP contribution in [0.2, 0.25) is 0 Å². The molecule has 0 unspecified atom stereocenters. The molecule has 1 fully saturated rings. The van der Waals surface area contributed by atoms with Crippen molar-refractivity contribution in [3.63, 3.8) is 0 Å². The summed E-state index contributed by atoms with van der Waals surface area (Å²) in [5, 5.41) is 4.78. The van der Waals surface area contributed by atoms with Crippen molar-refractivity contribution in [2.24, 2.45) is 0 Å². The van der Waals surface area contributed by atoms with E-state index >= 15 is 0 Å². The summed E-state index contributed by atoms with van der Waals surface area (Å²) >= 11 is 0. The number of fused-ring (bicyclic) bond motifs is 1. The molecule has 2 heterocycles. The third-order valence-corrected chi connectivity index (χ3v) is 2.26. The number of hydrogen-bond acceptors (Lipinski definition) is 2. The van der Waals surface area contributed by atoms with E-state index in [-0.39, 0.29) is 0 Å². The van der Waals surface area contributed by atoms with Crippen LogP contribution in [-0.2, 0) is 0 Å². The van der Waals surface area contributed by atoms with Crippen LogP contribution >= 0.6 is 0 Å². The maximum atomic E-state index is 2.42. The smallest absolute Gasteiger partial charge is 0.0379 e. The highest BCUT2D eigenvalue weighted by Gasteiger charge is 2.16. The van der Waals surface area contributed by atoms with Crippen molar-refractivity contribution in [1.82, 2.24) is 10.0 Å². The van der Waals surface area contributed by atoms with E-state index in [0.29, 0.717) is 0 Å². The maximum absolute atomic E-state index is 2.42. The van der Waals surface area contributed by atoms with Gasteiger partial charge in [-0.1, -0.05) is 12.5 Å². The van der Waals surface area contributed by atoms with E-state index in [1.54, 1.807) is 0 Å². The molecule has 0 saturated carbocycles. The Balaban J connectivity index is 2.00. The number of hydrogen-bond donors (Lipinski definition) is 0. The first kappa shape index (κ1) is 6.23. The summed E-state index contributed by atoms with van der Waals surface area (Å²) in [4.78, 5) is 0. The molecule has 0 radical (unpaired) electrons. The van der Waals surface area contributed by atoms with E-state index in [0.717, 1.165) is 6.54 Å².